The lowest BCUT2D eigenvalue weighted by molar-refractivity contribution is -0.0883. The molecule has 3 fully saturated rings. The van der Waals surface area contributed by atoms with Crippen LogP contribution in [0.4, 0.5) is 0 Å². The van der Waals surface area contributed by atoms with Gasteiger partial charge in [0.15, 0.2) is 0 Å². The average Bonchev–Trinajstić information content (AvgIpc) is 3.03. The van der Waals surface area contributed by atoms with Gasteiger partial charge in [-0.2, -0.15) is 11.8 Å². The molecule has 1 spiro atoms. The van der Waals surface area contributed by atoms with Crippen molar-refractivity contribution in [3.63, 3.8) is 0 Å². The molecule has 0 bridgehead atoms. The standard InChI is InChI=1S/C14H26N2OS/c15-16-13(11-3-1-2-4-11)12-5-7-17-14(9-12)6-8-18-10-14/h11-13,16H,1-10,15H2. The second kappa shape index (κ2) is 5.70. The molecule has 3 N–H and O–H groups in total. The largest absolute Gasteiger partial charge is 0.374 e. The molecule has 3 aliphatic rings. The summed E-state index contributed by atoms with van der Waals surface area (Å²) in [6.07, 6.45) is 9.20. The topological polar surface area (TPSA) is 47.3 Å². The fraction of sp³-hybridized carbons (Fsp3) is 1.00. The highest BCUT2D eigenvalue weighted by Gasteiger charge is 2.43. The van der Waals surface area contributed by atoms with Crippen LogP contribution in [-0.4, -0.2) is 29.8 Å². The maximum absolute atomic E-state index is 6.12. The Morgan fingerprint density at radius 2 is 2.06 bits per heavy atom. The molecule has 2 heterocycles. The summed E-state index contributed by atoms with van der Waals surface area (Å²) in [5.41, 5.74) is 3.35. The summed E-state index contributed by atoms with van der Waals surface area (Å²) in [6.45, 7) is 0.941. The van der Waals surface area contributed by atoms with Gasteiger partial charge in [-0.05, 0) is 49.7 Å². The molecule has 2 saturated heterocycles. The molecule has 4 heteroatoms. The van der Waals surface area contributed by atoms with Crippen LogP contribution >= 0.6 is 11.8 Å². The molecular formula is C14H26N2OS. The van der Waals surface area contributed by atoms with Crippen LogP contribution in [0.5, 0.6) is 0 Å². The highest BCUT2D eigenvalue weighted by molar-refractivity contribution is 7.99. The first kappa shape index (κ1) is 13.2. The Bertz CT molecular complexity index is 275. The van der Waals surface area contributed by atoms with Gasteiger partial charge in [-0.15, -0.1) is 0 Å². The first-order valence-electron chi connectivity index (χ1n) is 7.51. The fourth-order valence-electron chi connectivity index (χ4n) is 4.21. The van der Waals surface area contributed by atoms with Gasteiger partial charge in [-0.1, -0.05) is 12.8 Å². The SMILES string of the molecule is NNC(C1CCCC1)C1CCOC2(CCSC2)C1. The van der Waals surface area contributed by atoms with Crippen molar-refractivity contribution in [2.24, 2.45) is 17.7 Å². The summed E-state index contributed by atoms with van der Waals surface area (Å²) in [5, 5.41) is 0. The van der Waals surface area contributed by atoms with Crippen molar-refractivity contribution >= 4 is 11.8 Å². The molecule has 2 aliphatic heterocycles. The summed E-state index contributed by atoms with van der Waals surface area (Å²) in [5.74, 6) is 9.89. The fourth-order valence-corrected chi connectivity index (χ4v) is 5.59. The molecule has 0 aromatic heterocycles. The van der Waals surface area contributed by atoms with E-state index in [2.05, 4.69) is 17.2 Å². The van der Waals surface area contributed by atoms with E-state index in [0.717, 1.165) is 18.4 Å². The van der Waals surface area contributed by atoms with Gasteiger partial charge in [0.1, 0.15) is 0 Å². The Balaban J connectivity index is 1.66. The Hall–Kier alpha value is 0.230. The van der Waals surface area contributed by atoms with E-state index in [4.69, 9.17) is 10.6 Å². The van der Waals surface area contributed by atoms with Gasteiger partial charge < -0.3 is 4.74 Å². The molecule has 0 amide bonds. The quantitative estimate of drug-likeness (QED) is 0.610. The molecular weight excluding hydrogens is 244 g/mol. The van der Waals surface area contributed by atoms with Crippen molar-refractivity contribution in [1.82, 2.24) is 5.43 Å². The van der Waals surface area contributed by atoms with Gasteiger partial charge in [0.2, 0.25) is 0 Å². The van der Waals surface area contributed by atoms with Crippen LogP contribution in [0.25, 0.3) is 0 Å². The van der Waals surface area contributed by atoms with Crippen LogP contribution in [0.1, 0.15) is 44.9 Å². The molecule has 1 saturated carbocycles. The highest BCUT2D eigenvalue weighted by atomic mass is 32.2. The van der Waals surface area contributed by atoms with E-state index in [9.17, 15) is 0 Å². The van der Waals surface area contributed by atoms with E-state index >= 15 is 0 Å². The van der Waals surface area contributed by atoms with Gasteiger partial charge >= 0.3 is 0 Å². The second-order valence-corrected chi connectivity index (χ2v) is 7.43. The lowest BCUT2D eigenvalue weighted by atomic mass is 9.77. The molecule has 0 radical (unpaired) electrons. The van der Waals surface area contributed by atoms with Crippen LogP contribution in [0.2, 0.25) is 0 Å². The molecule has 0 aromatic rings. The number of hydrogen-bond acceptors (Lipinski definition) is 4. The van der Waals surface area contributed by atoms with Crippen LogP contribution in [0.3, 0.4) is 0 Å². The smallest absolute Gasteiger partial charge is 0.0783 e. The van der Waals surface area contributed by atoms with Crippen LogP contribution < -0.4 is 11.3 Å². The van der Waals surface area contributed by atoms with Gasteiger partial charge in [-0.25, -0.2) is 0 Å². The van der Waals surface area contributed by atoms with Gasteiger partial charge in [-0.3, -0.25) is 11.3 Å². The summed E-state index contributed by atoms with van der Waals surface area (Å²) in [6, 6.07) is 0.527. The van der Waals surface area contributed by atoms with E-state index < -0.39 is 0 Å². The highest BCUT2D eigenvalue weighted by Crippen LogP contribution is 2.43. The minimum Gasteiger partial charge on any atom is -0.374 e. The average molecular weight is 270 g/mol. The van der Waals surface area contributed by atoms with E-state index in [-0.39, 0.29) is 5.60 Å². The third-order valence-electron chi connectivity index (χ3n) is 5.21. The third kappa shape index (κ3) is 2.58. The third-order valence-corrected chi connectivity index (χ3v) is 6.43. The van der Waals surface area contributed by atoms with Gasteiger partial charge in [0.05, 0.1) is 5.60 Å². The number of hydrazine groups is 1. The molecule has 104 valence electrons. The molecule has 3 rings (SSSR count). The maximum atomic E-state index is 6.12. The van der Waals surface area contributed by atoms with E-state index in [1.165, 1.54) is 56.5 Å². The summed E-state index contributed by atoms with van der Waals surface area (Å²) in [4.78, 5) is 0. The van der Waals surface area contributed by atoms with E-state index in [0.29, 0.717) is 6.04 Å². The second-order valence-electron chi connectivity index (χ2n) is 6.32. The number of hydrogen-bond donors (Lipinski definition) is 2. The number of rotatable bonds is 3. The van der Waals surface area contributed by atoms with Crippen LogP contribution in [0.15, 0.2) is 0 Å². The molecule has 3 nitrogen and oxygen atoms in total. The van der Waals surface area contributed by atoms with Crippen molar-refractivity contribution in [1.29, 1.82) is 0 Å². The van der Waals surface area contributed by atoms with Crippen molar-refractivity contribution in [2.75, 3.05) is 18.1 Å². The Morgan fingerprint density at radius 3 is 2.72 bits per heavy atom. The summed E-state index contributed by atoms with van der Waals surface area (Å²) in [7, 11) is 0. The van der Waals surface area contributed by atoms with Gasteiger partial charge in [0, 0.05) is 18.4 Å². The van der Waals surface area contributed by atoms with Crippen LogP contribution in [-0.2, 0) is 4.74 Å². The predicted octanol–water partition coefficient (Wildman–Crippen LogP) is 2.31. The lowest BCUT2D eigenvalue weighted by Gasteiger charge is -2.42. The summed E-state index contributed by atoms with van der Waals surface area (Å²) >= 11 is 2.06. The monoisotopic (exact) mass is 270 g/mol. The first-order valence-corrected chi connectivity index (χ1v) is 8.66. The molecule has 0 aromatic carbocycles. The Labute approximate surface area is 115 Å². The zero-order valence-corrected chi connectivity index (χ0v) is 12.0. The summed E-state index contributed by atoms with van der Waals surface area (Å²) < 4.78 is 6.12. The molecule has 3 unspecified atom stereocenters. The zero-order valence-electron chi connectivity index (χ0n) is 11.2. The van der Waals surface area contributed by atoms with Crippen LogP contribution in [0, 0.1) is 11.8 Å². The first-order chi connectivity index (χ1) is 8.83. The van der Waals surface area contributed by atoms with E-state index in [1.54, 1.807) is 0 Å². The Kier molecular flexibility index (Phi) is 4.18. The van der Waals surface area contributed by atoms with Crippen molar-refractivity contribution in [2.45, 2.75) is 56.6 Å². The lowest BCUT2D eigenvalue weighted by Crippen LogP contribution is -2.51. The molecule has 1 aliphatic carbocycles. The minimum absolute atomic E-state index is 0.196. The Morgan fingerprint density at radius 1 is 1.22 bits per heavy atom. The van der Waals surface area contributed by atoms with Crippen molar-refractivity contribution in [3.05, 3.63) is 0 Å². The number of nitrogens with two attached hydrogens (primary N) is 1. The molecule has 18 heavy (non-hydrogen) atoms. The minimum atomic E-state index is 0.196. The normalized spacial score (nSPS) is 39.5. The zero-order chi connectivity index (χ0) is 12.4. The predicted molar refractivity (Wildman–Crippen MR) is 76.4 cm³/mol. The van der Waals surface area contributed by atoms with E-state index in [1.807, 2.05) is 0 Å². The number of thioether (sulfide) groups is 1. The van der Waals surface area contributed by atoms with Crippen molar-refractivity contribution < 1.29 is 4.74 Å². The molecule has 3 atom stereocenters. The number of ether oxygens (including phenoxy) is 1. The maximum Gasteiger partial charge on any atom is 0.0783 e. The van der Waals surface area contributed by atoms with Crippen molar-refractivity contribution in [3.8, 4) is 0 Å². The van der Waals surface area contributed by atoms with Gasteiger partial charge in [0.25, 0.3) is 0 Å². The number of nitrogens with one attached hydrogen (secondary N) is 1.